The predicted octanol–water partition coefficient (Wildman–Crippen LogP) is 4.49. The van der Waals surface area contributed by atoms with Crippen molar-refractivity contribution in [3.8, 4) is 0 Å². The van der Waals surface area contributed by atoms with E-state index >= 15 is 0 Å². The molecule has 2 amide bonds. The van der Waals surface area contributed by atoms with Crippen LogP contribution >= 0.6 is 0 Å². The molecule has 3 rings (SSSR count). The van der Waals surface area contributed by atoms with Crippen LogP contribution in [0.3, 0.4) is 0 Å². The number of rotatable bonds is 7. The zero-order valence-electron chi connectivity index (χ0n) is 17.4. The van der Waals surface area contributed by atoms with Gasteiger partial charge in [-0.05, 0) is 54.5 Å². The third kappa shape index (κ3) is 5.45. The summed E-state index contributed by atoms with van der Waals surface area (Å²) in [5.74, 6) is -0.0681. The molecule has 1 fully saturated rings. The molecule has 1 aliphatic rings. The molecule has 0 saturated carbocycles. The van der Waals surface area contributed by atoms with Crippen LogP contribution in [0.2, 0.25) is 0 Å². The quantitative estimate of drug-likeness (QED) is 0.727. The Morgan fingerprint density at radius 1 is 1.14 bits per heavy atom. The van der Waals surface area contributed by atoms with Gasteiger partial charge in [0.2, 0.25) is 0 Å². The number of benzene rings is 2. The molecule has 2 N–H and O–H groups in total. The van der Waals surface area contributed by atoms with Crippen LogP contribution < -0.4 is 10.6 Å². The maximum atomic E-state index is 12.9. The van der Waals surface area contributed by atoms with Crippen LogP contribution in [0.25, 0.3) is 0 Å². The second-order valence-corrected chi connectivity index (χ2v) is 7.86. The maximum Gasteiger partial charge on any atom is 0.253 e. The zero-order chi connectivity index (χ0) is 20.8. The Hall–Kier alpha value is -2.66. The highest BCUT2D eigenvalue weighted by Gasteiger charge is 2.24. The lowest BCUT2D eigenvalue weighted by Crippen LogP contribution is -2.32. The van der Waals surface area contributed by atoms with E-state index in [4.69, 9.17) is 4.74 Å². The van der Waals surface area contributed by atoms with Crippen molar-refractivity contribution in [1.82, 2.24) is 5.32 Å². The second kappa shape index (κ2) is 9.70. The molecule has 5 heteroatoms. The van der Waals surface area contributed by atoms with Crippen molar-refractivity contribution in [3.05, 3.63) is 65.2 Å². The van der Waals surface area contributed by atoms with E-state index in [1.165, 1.54) is 5.56 Å². The smallest absolute Gasteiger partial charge is 0.253 e. The van der Waals surface area contributed by atoms with E-state index in [1.54, 1.807) is 24.3 Å². The highest BCUT2D eigenvalue weighted by atomic mass is 16.5. The minimum absolute atomic E-state index is 0.0847. The van der Waals surface area contributed by atoms with E-state index in [-0.39, 0.29) is 23.8 Å². The Balaban J connectivity index is 1.70. The van der Waals surface area contributed by atoms with Crippen LogP contribution in [0.5, 0.6) is 0 Å². The number of hydrogen-bond acceptors (Lipinski definition) is 3. The second-order valence-electron chi connectivity index (χ2n) is 7.86. The van der Waals surface area contributed by atoms with E-state index in [2.05, 4.69) is 55.7 Å². The van der Waals surface area contributed by atoms with Gasteiger partial charge in [0, 0.05) is 17.9 Å². The molecule has 0 bridgehead atoms. The normalized spacial score (nSPS) is 17.2. The van der Waals surface area contributed by atoms with Gasteiger partial charge in [0.25, 0.3) is 11.8 Å². The summed E-state index contributed by atoms with van der Waals surface area (Å²) >= 11 is 0. The third-order valence-corrected chi connectivity index (χ3v) is 5.31. The summed E-state index contributed by atoms with van der Waals surface area (Å²) in [5.41, 5.74) is 3.49. The Bertz CT molecular complexity index is 839. The monoisotopic (exact) mass is 394 g/mol. The molecule has 2 aromatic carbocycles. The molecule has 2 unspecified atom stereocenters. The van der Waals surface area contributed by atoms with Gasteiger partial charge < -0.3 is 15.4 Å². The lowest BCUT2D eigenvalue weighted by Gasteiger charge is -2.23. The molecule has 5 nitrogen and oxygen atoms in total. The standard InChI is InChI=1S/C24H30N2O3/c1-4-17-10-12-18(13-11-17)22(16(2)3)26-23(27)19-7-5-8-20(15-19)25-24(28)21-9-6-14-29-21/h5,7-8,10-13,15-16,21-22H,4,6,9,14H2,1-3H3,(H,25,28)(H,26,27). The Morgan fingerprint density at radius 3 is 2.52 bits per heavy atom. The summed E-state index contributed by atoms with van der Waals surface area (Å²) in [7, 11) is 0. The molecule has 2 atom stereocenters. The average molecular weight is 395 g/mol. The summed E-state index contributed by atoms with van der Waals surface area (Å²) in [5, 5.41) is 6.00. The Labute approximate surface area is 172 Å². The van der Waals surface area contributed by atoms with Crippen molar-refractivity contribution in [2.45, 2.75) is 52.2 Å². The fraction of sp³-hybridized carbons (Fsp3) is 0.417. The van der Waals surface area contributed by atoms with Gasteiger partial charge in [-0.3, -0.25) is 9.59 Å². The number of carbonyl (C=O) groups is 2. The molecule has 29 heavy (non-hydrogen) atoms. The molecular weight excluding hydrogens is 364 g/mol. The number of hydrogen-bond donors (Lipinski definition) is 2. The topological polar surface area (TPSA) is 67.4 Å². The van der Waals surface area contributed by atoms with Gasteiger partial charge in [0.1, 0.15) is 6.10 Å². The van der Waals surface area contributed by atoms with Crippen LogP contribution in [-0.2, 0) is 16.0 Å². The van der Waals surface area contributed by atoms with Gasteiger partial charge in [-0.25, -0.2) is 0 Å². The molecule has 1 saturated heterocycles. The Kier molecular flexibility index (Phi) is 7.04. The average Bonchev–Trinajstić information content (AvgIpc) is 3.27. The molecule has 0 radical (unpaired) electrons. The minimum Gasteiger partial charge on any atom is -0.368 e. The minimum atomic E-state index is -0.399. The van der Waals surface area contributed by atoms with Crippen LogP contribution in [0, 0.1) is 5.92 Å². The van der Waals surface area contributed by atoms with E-state index in [1.807, 2.05) is 0 Å². The fourth-order valence-corrected chi connectivity index (χ4v) is 3.57. The van der Waals surface area contributed by atoms with Crippen molar-refractivity contribution in [2.24, 2.45) is 5.92 Å². The first-order chi connectivity index (χ1) is 14.0. The first-order valence-corrected chi connectivity index (χ1v) is 10.4. The van der Waals surface area contributed by atoms with E-state index < -0.39 is 6.10 Å². The predicted molar refractivity (Wildman–Crippen MR) is 115 cm³/mol. The van der Waals surface area contributed by atoms with Gasteiger partial charge in [-0.15, -0.1) is 0 Å². The first kappa shape index (κ1) is 21.1. The van der Waals surface area contributed by atoms with E-state index in [0.29, 0.717) is 17.9 Å². The van der Waals surface area contributed by atoms with Gasteiger partial charge in [-0.2, -0.15) is 0 Å². The number of carbonyl (C=O) groups excluding carboxylic acids is 2. The van der Waals surface area contributed by atoms with Gasteiger partial charge in [0.15, 0.2) is 0 Å². The van der Waals surface area contributed by atoms with Gasteiger partial charge in [-0.1, -0.05) is 51.1 Å². The third-order valence-electron chi connectivity index (χ3n) is 5.31. The SMILES string of the molecule is CCc1ccc(C(NC(=O)c2cccc(NC(=O)C3CCCO3)c2)C(C)C)cc1. The van der Waals surface area contributed by atoms with Crippen LogP contribution in [0.15, 0.2) is 48.5 Å². The zero-order valence-corrected chi connectivity index (χ0v) is 17.4. The number of aryl methyl sites for hydroxylation is 1. The number of anilines is 1. The summed E-state index contributed by atoms with van der Waals surface area (Å²) < 4.78 is 5.42. The van der Waals surface area contributed by atoms with Crippen molar-refractivity contribution in [1.29, 1.82) is 0 Å². The van der Waals surface area contributed by atoms with Crippen LogP contribution in [0.4, 0.5) is 5.69 Å². The largest absolute Gasteiger partial charge is 0.368 e. The van der Waals surface area contributed by atoms with Crippen molar-refractivity contribution >= 4 is 17.5 Å². The van der Waals surface area contributed by atoms with Crippen LogP contribution in [0.1, 0.15) is 61.1 Å². The number of ether oxygens (including phenoxy) is 1. The molecule has 1 aliphatic heterocycles. The van der Waals surface area contributed by atoms with Crippen LogP contribution in [-0.4, -0.2) is 24.5 Å². The summed E-state index contributed by atoms with van der Waals surface area (Å²) in [6.45, 7) is 6.94. The van der Waals surface area contributed by atoms with Crippen molar-refractivity contribution in [3.63, 3.8) is 0 Å². The lowest BCUT2D eigenvalue weighted by atomic mass is 9.94. The summed E-state index contributed by atoms with van der Waals surface area (Å²) in [4.78, 5) is 25.2. The lowest BCUT2D eigenvalue weighted by molar-refractivity contribution is -0.124. The molecular formula is C24H30N2O3. The molecule has 154 valence electrons. The van der Waals surface area contributed by atoms with Crippen molar-refractivity contribution < 1.29 is 14.3 Å². The number of amides is 2. The maximum absolute atomic E-state index is 12.9. The highest BCUT2D eigenvalue weighted by molar-refractivity contribution is 5.98. The number of nitrogens with one attached hydrogen (secondary N) is 2. The van der Waals surface area contributed by atoms with E-state index in [9.17, 15) is 9.59 Å². The van der Waals surface area contributed by atoms with E-state index in [0.717, 1.165) is 24.8 Å². The summed E-state index contributed by atoms with van der Waals surface area (Å²) in [6, 6.07) is 15.3. The first-order valence-electron chi connectivity index (χ1n) is 10.4. The van der Waals surface area contributed by atoms with Gasteiger partial charge >= 0.3 is 0 Å². The molecule has 0 aromatic heterocycles. The Morgan fingerprint density at radius 2 is 1.90 bits per heavy atom. The molecule has 0 aliphatic carbocycles. The molecule has 1 heterocycles. The molecule has 0 spiro atoms. The fourth-order valence-electron chi connectivity index (χ4n) is 3.57. The van der Waals surface area contributed by atoms with Gasteiger partial charge in [0.05, 0.1) is 6.04 Å². The highest BCUT2D eigenvalue weighted by Crippen LogP contribution is 2.23. The summed E-state index contributed by atoms with van der Waals surface area (Å²) in [6.07, 6.45) is 2.22. The van der Waals surface area contributed by atoms with Crippen molar-refractivity contribution in [2.75, 3.05) is 11.9 Å². The molecule has 2 aromatic rings.